The molecule has 4 rings (SSSR count). The van der Waals surface area contributed by atoms with Gasteiger partial charge in [0, 0.05) is 28.7 Å². The predicted molar refractivity (Wildman–Crippen MR) is 150 cm³/mol. The molecule has 37 heavy (non-hydrogen) atoms. The molecule has 1 aliphatic heterocycles. The Hall–Kier alpha value is -2.87. The normalized spacial score (nSPS) is 15.6. The molecule has 1 atom stereocenters. The first-order valence-electron chi connectivity index (χ1n) is 12.2. The van der Waals surface area contributed by atoms with E-state index in [0.29, 0.717) is 55.1 Å². The third-order valence-electron chi connectivity index (χ3n) is 6.11. The molecule has 1 aromatic heterocycles. The summed E-state index contributed by atoms with van der Waals surface area (Å²) < 4.78 is 8.02. The van der Waals surface area contributed by atoms with Crippen molar-refractivity contribution in [2.45, 2.75) is 46.8 Å². The van der Waals surface area contributed by atoms with Crippen LogP contribution >= 0.6 is 34.5 Å². The number of benzene rings is 2. The van der Waals surface area contributed by atoms with Crippen molar-refractivity contribution in [1.82, 2.24) is 9.47 Å². The number of aromatic nitrogens is 1. The largest absolute Gasteiger partial charge is 0.490 e. The van der Waals surface area contributed by atoms with Gasteiger partial charge in [-0.3, -0.25) is 14.2 Å². The smallest absolute Gasteiger partial charge is 0.271 e. The van der Waals surface area contributed by atoms with E-state index in [2.05, 4.69) is 0 Å². The molecule has 0 unspecified atom stereocenters. The fourth-order valence-electron chi connectivity index (χ4n) is 4.37. The molecule has 1 aliphatic rings. The SMILES string of the molecule is CCN(CC)C(=O)C1=C(C)N=c2s/c(=C\c3cc(Cl)ccc3OC(C)C)c(=O)n2[C@@H]1c1ccc(Cl)cc1. The second-order valence-corrected chi connectivity index (χ2v) is 10.8. The maximum absolute atomic E-state index is 13.9. The van der Waals surface area contributed by atoms with Crippen molar-refractivity contribution in [2.75, 3.05) is 13.1 Å². The molecule has 2 heterocycles. The Labute approximate surface area is 230 Å². The molecular weight excluding hydrogens is 529 g/mol. The first kappa shape index (κ1) is 27.2. The van der Waals surface area contributed by atoms with Crippen LogP contribution in [0.4, 0.5) is 0 Å². The molecule has 9 heteroatoms. The molecule has 6 nitrogen and oxygen atoms in total. The number of hydrogen-bond acceptors (Lipinski definition) is 5. The number of carbonyl (C=O) groups excluding carboxylic acids is 1. The van der Waals surface area contributed by atoms with Gasteiger partial charge in [0.25, 0.3) is 11.5 Å². The fraction of sp³-hybridized carbons (Fsp3) is 0.321. The minimum absolute atomic E-state index is 0.0456. The molecule has 0 saturated carbocycles. The molecular formula is C28H29Cl2N3O3S. The van der Waals surface area contributed by atoms with Gasteiger partial charge in [0.05, 0.1) is 27.9 Å². The third-order valence-corrected chi connectivity index (χ3v) is 7.58. The van der Waals surface area contributed by atoms with Crippen LogP contribution in [0.3, 0.4) is 0 Å². The van der Waals surface area contributed by atoms with Crippen molar-refractivity contribution < 1.29 is 9.53 Å². The first-order valence-corrected chi connectivity index (χ1v) is 13.7. The van der Waals surface area contributed by atoms with Crippen LogP contribution in [-0.4, -0.2) is 34.6 Å². The fourth-order valence-corrected chi connectivity index (χ4v) is 5.72. The van der Waals surface area contributed by atoms with E-state index < -0.39 is 6.04 Å². The topological polar surface area (TPSA) is 63.9 Å². The van der Waals surface area contributed by atoms with Crippen molar-refractivity contribution in [2.24, 2.45) is 4.99 Å². The number of likely N-dealkylation sites (N-methyl/N-ethyl adjacent to an activating group) is 1. The summed E-state index contributed by atoms with van der Waals surface area (Å²) >= 11 is 13.7. The van der Waals surface area contributed by atoms with Crippen LogP contribution < -0.4 is 19.6 Å². The number of hydrogen-bond donors (Lipinski definition) is 0. The molecule has 1 amide bonds. The van der Waals surface area contributed by atoms with Gasteiger partial charge in [0.1, 0.15) is 5.75 Å². The van der Waals surface area contributed by atoms with E-state index in [1.807, 2.05) is 46.8 Å². The minimum atomic E-state index is -0.630. The Kier molecular flexibility index (Phi) is 8.26. The Morgan fingerprint density at radius 2 is 1.78 bits per heavy atom. The Morgan fingerprint density at radius 1 is 1.14 bits per heavy atom. The van der Waals surface area contributed by atoms with Gasteiger partial charge in [0.2, 0.25) is 0 Å². The van der Waals surface area contributed by atoms with E-state index in [1.165, 1.54) is 11.3 Å². The number of nitrogens with zero attached hydrogens (tertiary/aromatic N) is 3. The van der Waals surface area contributed by atoms with Crippen molar-refractivity contribution in [3.05, 3.63) is 94.6 Å². The van der Waals surface area contributed by atoms with Crippen LogP contribution in [0.2, 0.25) is 10.0 Å². The monoisotopic (exact) mass is 557 g/mol. The number of thiazole rings is 1. The summed E-state index contributed by atoms with van der Waals surface area (Å²) in [6.45, 7) is 10.7. The Bertz CT molecular complexity index is 1530. The van der Waals surface area contributed by atoms with E-state index in [9.17, 15) is 9.59 Å². The van der Waals surface area contributed by atoms with Gasteiger partial charge in [-0.25, -0.2) is 4.99 Å². The molecule has 0 spiro atoms. The molecule has 2 aromatic carbocycles. The lowest BCUT2D eigenvalue weighted by Crippen LogP contribution is -2.43. The van der Waals surface area contributed by atoms with Gasteiger partial charge >= 0.3 is 0 Å². The van der Waals surface area contributed by atoms with Gasteiger partial charge in [0.15, 0.2) is 4.80 Å². The summed E-state index contributed by atoms with van der Waals surface area (Å²) in [5.74, 6) is 0.496. The number of carbonyl (C=O) groups is 1. The van der Waals surface area contributed by atoms with Gasteiger partial charge < -0.3 is 9.64 Å². The standard InChI is InChI=1S/C28H29Cl2N3O3S/c1-6-32(7-2)27(35)24-17(5)31-28-33(25(24)18-8-10-20(29)11-9-18)26(34)23(37-28)15-19-14-21(30)12-13-22(19)36-16(3)4/h8-16,25H,6-7H2,1-5H3/b23-15-/t25-/m1/s1. The first-order chi connectivity index (χ1) is 17.6. The summed E-state index contributed by atoms with van der Waals surface area (Å²) in [6, 6.07) is 11.9. The molecule has 0 aliphatic carbocycles. The summed E-state index contributed by atoms with van der Waals surface area (Å²) in [5, 5.41) is 1.12. The third kappa shape index (κ3) is 5.54. The number of amides is 1. The number of ether oxygens (including phenoxy) is 1. The maximum atomic E-state index is 13.9. The molecule has 0 fully saturated rings. The summed E-state index contributed by atoms with van der Waals surface area (Å²) in [4.78, 5) is 34.5. The lowest BCUT2D eigenvalue weighted by atomic mass is 9.94. The van der Waals surface area contributed by atoms with E-state index >= 15 is 0 Å². The van der Waals surface area contributed by atoms with Crippen molar-refractivity contribution in [3.63, 3.8) is 0 Å². The second kappa shape index (κ2) is 11.3. The average Bonchev–Trinajstić information content (AvgIpc) is 3.15. The zero-order valence-electron chi connectivity index (χ0n) is 21.4. The zero-order chi connectivity index (χ0) is 26.9. The van der Waals surface area contributed by atoms with E-state index in [-0.39, 0.29) is 17.6 Å². The van der Waals surface area contributed by atoms with Crippen LogP contribution in [0.1, 0.15) is 51.8 Å². The number of allylic oxidation sites excluding steroid dienone is 1. The van der Waals surface area contributed by atoms with Gasteiger partial charge in [-0.1, -0.05) is 46.7 Å². The highest BCUT2D eigenvalue weighted by atomic mass is 35.5. The second-order valence-electron chi connectivity index (χ2n) is 8.96. The van der Waals surface area contributed by atoms with E-state index in [4.69, 9.17) is 32.9 Å². The van der Waals surface area contributed by atoms with Crippen molar-refractivity contribution >= 4 is 46.5 Å². The highest BCUT2D eigenvalue weighted by molar-refractivity contribution is 7.07. The molecule has 3 aromatic rings. The van der Waals surface area contributed by atoms with Crippen LogP contribution in [0.5, 0.6) is 5.75 Å². The lowest BCUT2D eigenvalue weighted by molar-refractivity contribution is -0.127. The Balaban J connectivity index is 1.96. The zero-order valence-corrected chi connectivity index (χ0v) is 23.7. The summed E-state index contributed by atoms with van der Waals surface area (Å²) in [5.41, 5.74) is 2.32. The van der Waals surface area contributed by atoms with Crippen LogP contribution in [-0.2, 0) is 4.79 Å². The van der Waals surface area contributed by atoms with Gasteiger partial charge in [-0.2, -0.15) is 0 Å². The summed E-state index contributed by atoms with van der Waals surface area (Å²) in [6.07, 6.45) is 1.73. The maximum Gasteiger partial charge on any atom is 0.271 e. The number of rotatable bonds is 7. The molecule has 194 valence electrons. The van der Waals surface area contributed by atoms with Gasteiger partial charge in [-0.05, 0) is 76.6 Å². The van der Waals surface area contributed by atoms with E-state index in [1.54, 1.807) is 45.9 Å². The van der Waals surface area contributed by atoms with Crippen LogP contribution in [0, 0.1) is 0 Å². The number of fused-ring (bicyclic) bond motifs is 1. The highest BCUT2D eigenvalue weighted by Crippen LogP contribution is 2.32. The molecule has 0 saturated heterocycles. The number of halogens is 2. The van der Waals surface area contributed by atoms with Crippen LogP contribution in [0.15, 0.2) is 63.5 Å². The van der Waals surface area contributed by atoms with Crippen molar-refractivity contribution in [3.8, 4) is 5.75 Å². The van der Waals surface area contributed by atoms with E-state index in [0.717, 1.165) is 5.56 Å². The Morgan fingerprint density at radius 3 is 2.41 bits per heavy atom. The lowest BCUT2D eigenvalue weighted by Gasteiger charge is -2.29. The van der Waals surface area contributed by atoms with Crippen LogP contribution in [0.25, 0.3) is 6.08 Å². The molecule has 0 N–H and O–H groups in total. The predicted octanol–water partition coefficient (Wildman–Crippen LogP) is 5.20. The average molecular weight is 559 g/mol. The van der Waals surface area contributed by atoms with Crippen molar-refractivity contribution in [1.29, 1.82) is 0 Å². The summed E-state index contributed by atoms with van der Waals surface area (Å²) in [7, 11) is 0. The minimum Gasteiger partial charge on any atom is -0.490 e. The highest BCUT2D eigenvalue weighted by Gasteiger charge is 2.34. The van der Waals surface area contributed by atoms with Gasteiger partial charge in [-0.15, -0.1) is 0 Å². The molecule has 0 bridgehead atoms. The molecule has 0 radical (unpaired) electrons. The quantitative estimate of drug-likeness (QED) is 0.401.